The molecular weight excluding hydrogens is 284 g/mol. The molecule has 0 fully saturated rings. The lowest BCUT2D eigenvalue weighted by molar-refractivity contribution is 0.135. The molecule has 0 radical (unpaired) electrons. The molecule has 0 aliphatic heterocycles. The van der Waals surface area contributed by atoms with Gasteiger partial charge in [0.15, 0.2) is 0 Å². The topological polar surface area (TPSA) is 44.1 Å². The van der Waals surface area contributed by atoms with Gasteiger partial charge in [0.1, 0.15) is 6.33 Å². The number of ether oxygens (including phenoxy) is 1. The van der Waals surface area contributed by atoms with E-state index in [0.29, 0.717) is 12.5 Å². The number of carbonyl (C=O) groups is 1. The number of benzene rings is 1. The Bertz CT molecular complexity index is 548. The molecular formula is C12H13BrN2O2. The van der Waals surface area contributed by atoms with Gasteiger partial charge in [0.25, 0.3) is 0 Å². The zero-order chi connectivity index (χ0) is 12.4. The molecule has 1 aromatic carbocycles. The van der Waals surface area contributed by atoms with Crippen molar-refractivity contribution in [1.29, 1.82) is 0 Å². The molecule has 0 unspecified atom stereocenters. The van der Waals surface area contributed by atoms with Gasteiger partial charge in [0, 0.05) is 4.47 Å². The highest BCUT2D eigenvalue weighted by atomic mass is 79.9. The molecule has 1 aromatic heterocycles. The zero-order valence-corrected chi connectivity index (χ0v) is 11.3. The van der Waals surface area contributed by atoms with Gasteiger partial charge in [-0.1, -0.05) is 29.8 Å². The van der Waals surface area contributed by atoms with E-state index in [9.17, 15) is 4.79 Å². The van der Waals surface area contributed by atoms with Crippen molar-refractivity contribution in [3.63, 3.8) is 0 Å². The van der Waals surface area contributed by atoms with Crippen LogP contribution in [0.5, 0.6) is 0 Å². The highest BCUT2D eigenvalue weighted by molar-refractivity contribution is 9.10. The van der Waals surface area contributed by atoms with Gasteiger partial charge >= 0.3 is 6.09 Å². The van der Waals surface area contributed by atoms with Crippen LogP contribution in [0.4, 0.5) is 4.79 Å². The van der Waals surface area contributed by atoms with E-state index >= 15 is 0 Å². The summed E-state index contributed by atoms with van der Waals surface area (Å²) in [6.07, 6.45) is 1.10. The predicted molar refractivity (Wildman–Crippen MR) is 69.0 cm³/mol. The number of carbonyl (C=O) groups excluding carboxylic acids is 1. The fourth-order valence-electron chi connectivity index (χ4n) is 1.43. The van der Waals surface area contributed by atoms with Gasteiger partial charge in [0.05, 0.1) is 17.6 Å². The average Bonchev–Trinajstić information content (AvgIpc) is 2.68. The maximum Gasteiger partial charge on any atom is 0.419 e. The molecule has 0 N–H and O–H groups in total. The number of rotatable bonds is 2. The van der Waals surface area contributed by atoms with Crippen molar-refractivity contribution in [2.24, 2.45) is 5.92 Å². The minimum Gasteiger partial charge on any atom is -0.449 e. The van der Waals surface area contributed by atoms with Crippen LogP contribution in [0.25, 0.3) is 11.0 Å². The van der Waals surface area contributed by atoms with Crippen molar-refractivity contribution < 1.29 is 9.53 Å². The van der Waals surface area contributed by atoms with E-state index in [1.54, 1.807) is 0 Å². The maximum absolute atomic E-state index is 11.8. The van der Waals surface area contributed by atoms with Gasteiger partial charge in [-0.05, 0) is 24.1 Å². The Morgan fingerprint density at radius 3 is 3.00 bits per heavy atom. The highest BCUT2D eigenvalue weighted by Crippen LogP contribution is 2.19. The van der Waals surface area contributed by atoms with Crippen LogP contribution in [0.2, 0.25) is 0 Å². The lowest BCUT2D eigenvalue weighted by Crippen LogP contribution is -2.15. The molecule has 0 aliphatic carbocycles. The summed E-state index contributed by atoms with van der Waals surface area (Å²) in [5.41, 5.74) is 1.52. The minimum atomic E-state index is -0.390. The van der Waals surface area contributed by atoms with Crippen molar-refractivity contribution in [3.8, 4) is 0 Å². The molecule has 90 valence electrons. The Morgan fingerprint density at radius 1 is 1.53 bits per heavy atom. The first-order valence-electron chi connectivity index (χ1n) is 5.37. The van der Waals surface area contributed by atoms with E-state index in [2.05, 4.69) is 20.9 Å². The van der Waals surface area contributed by atoms with Crippen LogP contribution in [0.1, 0.15) is 13.8 Å². The molecule has 0 saturated carbocycles. The second kappa shape index (κ2) is 4.87. The van der Waals surface area contributed by atoms with Crippen LogP contribution in [0, 0.1) is 5.92 Å². The molecule has 4 nitrogen and oxygen atoms in total. The smallest absolute Gasteiger partial charge is 0.419 e. The van der Waals surface area contributed by atoms with Gasteiger partial charge in [-0.3, -0.25) is 0 Å². The van der Waals surface area contributed by atoms with Crippen molar-refractivity contribution in [1.82, 2.24) is 9.55 Å². The molecule has 2 rings (SSSR count). The van der Waals surface area contributed by atoms with Gasteiger partial charge in [-0.15, -0.1) is 0 Å². The Balaban J connectivity index is 2.29. The normalized spacial score (nSPS) is 11.1. The molecule has 0 amide bonds. The monoisotopic (exact) mass is 296 g/mol. The Morgan fingerprint density at radius 2 is 2.29 bits per heavy atom. The van der Waals surface area contributed by atoms with Crippen LogP contribution < -0.4 is 0 Å². The number of hydrogen-bond donors (Lipinski definition) is 0. The molecule has 0 bridgehead atoms. The van der Waals surface area contributed by atoms with Crippen LogP contribution in [-0.4, -0.2) is 22.3 Å². The van der Waals surface area contributed by atoms with E-state index in [1.807, 2.05) is 32.0 Å². The van der Waals surface area contributed by atoms with E-state index in [1.165, 1.54) is 10.9 Å². The minimum absolute atomic E-state index is 0.320. The summed E-state index contributed by atoms with van der Waals surface area (Å²) in [6.45, 7) is 4.40. The first-order chi connectivity index (χ1) is 8.08. The molecule has 0 aliphatic rings. The van der Waals surface area contributed by atoms with Gasteiger partial charge in [-0.25, -0.2) is 14.3 Å². The standard InChI is InChI=1S/C12H13BrN2O2/c1-8(2)6-17-12(16)15-7-14-10-4-3-9(13)5-11(10)15/h3-5,7-8H,6H2,1-2H3. The Labute approximate surface area is 108 Å². The first kappa shape index (κ1) is 12.1. The van der Waals surface area contributed by atoms with Crippen molar-refractivity contribution in [2.45, 2.75) is 13.8 Å². The summed E-state index contributed by atoms with van der Waals surface area (Å²) in [7, 11) is 0. The van der Waals surface area contributed by atoms with Crippen molar-refractivity contribution >= 4 is 33.1 Å². The summed E-state index contributed by atoms with van der Waals surface area (Å²) in [4.78, 5) is 16.0. The molecule has 0 atom stereocenters. The lowest BCUT2D eigenvalue weighted by Gasteiger charge is -2.07. The summed E-state index contributed by atoms with van der Waals surface area (Å²) in [5.74, 6) is 0.320. The third-order valence-corrected chi connectivity index (χ3v) is 2.74. The Kier molecular flexibility index (Phi) is 3.47. The average molecular weight is 297 g/mol. The molecule has 0 saturated heterocycles. The van der Waals surface area contributed by atoms with Crippen LogP contribution in [0.3, 0.4) is 0 Å². The summed E-state index contributed by atoms with van der Waals surface area (Å²) >= 11 is 3.37. The summed E-state index contributed by atoms with van der Waals surface area (Å²) in [5, 5.41) is 0. The quantitative estimate of drug-likeness (QED) is 0.853. The second-order valence-corrected chi connectivity index (χ2v) is 5.13. The fraction of sp³-hybridized carbons (Fsp3) is 0.333. The third-order valence-electron chi connectivity index (χ3n) is 2.25. The van der Waals surface area contributed by atoms with E-state index < -0.39 is 0 Å². The number of halogens is 1. The first-order valence-corrected chi connectivity index (χ1v) is 6.17. The van der Waals surface area contributed by atoms with Crippen molar-refractivity contribution in [2.75, 3.05) is 6.61 Å². The number of hydrogen-bond acceptors (Lipinski definition) is 3. The SMILES string of the molecule is CC(C)COC(=O)n1cnc2ccc(Br)cc21. The molecule has 17 heavy (non-hydrogen) atoms. The molecule has 5 heteroatoms. The Hall–Kier alpha value is -1.36. The predicted octanol–water partition coefficient (Wildman–Crippen LogP) is 3.44. The van der Waals surface area contributed by atoms with Crippen LogP contribution in [0.15, 0.2) is 29.0 Å². The van der Waals surface area contributed by atoms with E-state index in [-0.39, 0.29) is 6.09 Å². The third kappa shape index (κ3) is 2.66. The van der Waals surface area contributed by atoms with Gasteiger partial charge in [0.2, 0.25) is 0 Å². The molecule has 2 aromatic rings. The van der Waals surface area contributed by atoms with E-state index in [0.717, 1.165) is 15.5 Å². The van der Waals surface area contributed by atoms with Crippen molar-refractivity contribution in [3.05, 3.63) is 29.0 Å². The zero-order valence-electron chi connectivity index (χ0n) is 9.68. The van der Waals surface area contributed by atoms with Gasteiger partial charge < -0.3 is 4.74 Å². The summed E-state index contributed by atoms with van der Waals surface area (Å²) in [6, 6.07) is 5.59. The lowest BCUT2D eigenvalue weighted by atomic mass is 10.2. The highest BCUT2D eigenvalue weighted by Gasteiger charge is 2.11. The molecule has 1 heterocycles. The number of imidazole rings is 1. The fourth-order valence-corrected chi connectivity index (χ4v) is 1.78. The van der Waals surface area contributed by atoms with Crippen LogP contribution in [-0.2, 0) is 4.74 Å². The summed E-state index contributed by atoms with van der Waals surface area (Å²) < 4.78 is 7.49. The molecule has 0 spiro atoms. The van der Waals surface area contributed by atoms with E-state index in [4.69, 9.17) is 4.74 Å². The maximum atomic E-state index is 11.8. The number of fused-ring (bicyclic) bond motifs is 1. The second-order valence-electron chi connectivity index (χ2n) is 4.22. The number of aromatic nitrogens is 2. The van der Waals surface area contributed by atoms with Gasteiger partial charge in [-0.2, -0.15) is 0 Å². The largest absolute Gasteiger partial charge is 0.449 e. The van der Waals surface area contributed by atoms with Crippen LogP contribution >= 0.6 is 15.9 Å². The number of nitrogens with zero attached hydrogens (tertiary/aromatic N) is 2.